The van der Waals surface area contributed by atoms with Crippen LogP contribution in [0.2, 0.25) is 10.0 Å². The fourth-order valence-electron chi connectivity index (χ4n) is 3.10. The Morgan fingerprint density at radius 2 is 2.04 bits per heavy atom. The summed E-state index contributed by atoms with van der Waals surface area (Å²) in [6, 6.07) is 7.27. The van der Waals surface area contributed by atoms with Crippen LogP contribution in [0.15, 0.2) is 24.4 Å². The molecule has 0 bridgehead atoms. The van der Waals surface area contributed by atoms with Crippen LogP contribution >= 0.6 is 23.2 Å². The number of benzene rings is 1. The molecule has 1 fully saturated rings. The highest BCUT2D eigenvalue weighted by Gasteiger charge is 2.32. The smallest absolute Gasteiger partial charge is 0.405 e. The van der Waals surface area contributed by atoms with E-state index in [4.69, 9.17) is 28.3 Å². The van der Waals surface area contributed by atoms with E-state index in [2.05, 4.69) is 21.4 Å². The summed E-state index contributed by atoms with van der Waals surface area (Å²) in [6.07, 6.45) is 1.78. The second kappa shape index (κ2) is 7.59. The van der Waals surface area contributed by atoms with Crippen LogP contribution in [0, 0.1) is 11.3 Å². The van der Waals surface area contributed by atoms with E-state index in [-0.39, 0.29) is 5.69 Å². The van der Waals surface area contributed by atoms with Crippen LogP contribution in [0.4, 0.5) is 10.7 Å². The number of halogens is 2. The number of hydrogen-bond donors (Lipinski definition) is 2. The summed E-state index contributed by atoms with van der Waals surface area (Å²) in [5.74, 6) is 0.436. The lowest BCUT2D eigenvalue weighted by molar-refractivity contribution is 0.173. The van der Waals surface area contributed by atoms with Gasteiger partial charge in [0.1, 0.15) is 6.07 Å². The maximum absolute atomic E-state index is 10.9. The van der Waals surface area contributed by atoms with Gasteiger partial charge in [0.25, 0.3) is 0 Å². The van der Waals surface area contributed by atoms with E-state index >= 15 is 0 Å². The molecule has 1 aliphatic rings. The van der Waals surface area contributed by atoms with Crippen molar-refractivity contribution < 1.29 is 9.90 Å². The summed E-state index contributed by atoms with van der Waals surface area (Å²) >= 11 is 12.3. The number of anilines is 1. The fraction of sp³-hybridized carbons (Fsp3) is 0.333. The molecule has 0 saturated carbocycles. The maximum Gasteiger partial charge on any atom is 0.405 e. The number of hydrogen-bond acceptors (Lipinski definition) is 5. The minimum atomic E-state index is -1.03. The number of amides is 1. The van der Waals surface area contributed by atoms with Gasteiger partial charge >= 0.3 is 6.09 Å². The predicted molar refractivity (Wildman–Crippen MR) is 103 cm³/mol. The number of nitriles is 1. The Bertz CT molecular complexity index is 920. The van der Waals surface area contributed by atoms with Gasteiger partial charge in [-0.05, 0) is 25.8 Å². The molecular formula is C18H17Cl2N5O2. The molecule has 0 atom stereocenters. The Hall–Kier alpha value is -2.56. The molecule has 1 saturated heterocycles. The van der Waals surface area contributed by atoms with Crippen LogP contribution in [0.3, 0.4) is 0 Å². The highest BCUT2D eigenvalue weighted by Crippen LogP contribution is 2.35. The van der Waals surface area contributed by atoms with E-state index in [1.54, 1.807) is 24.4 Å². The number of carbonyl (C=O) groups is 1. The summed E-state index contributed by atoms with van der Waals surface area (Å²) < 4.78 is 0. The maximum atomic E-state index is 10.9. The van der Waals surface area contributed by atoms with Crippen molar-refractivity contribution in [1.82, 2.24) is 15.3 Å². The average Bonchev–Trinajstić information content (AvgIpc) is 2.63. The minimum Gasteiger partial charge on any atom is -0.465 e. The Morgan fingerprint density at radius 1 is 1.33 bits per heavy atom. The van der Waals surface area contributed by atoms with E-state index < -0.39 is 11.6 Å². The monoisotopic (exact) mass is 405 g/mol. The van der Waals surface area contributed by atoms with Crippen molar-refractivity contribution >= 4 is 35.2 Å². The van der Waals surface area contributed by atoms with Crippen molar-refractivity contribution in [2.45, 2.75) is 25.3 Å². The van der Waals surface area contributed by atoms with Gasteiger partial charge in [-0.15, -0.1) is 0 Å². The third-order valence-corrected chi connectivity index (χ3v) is 5.50. The lowest BCUT2D eigenvalue weighted by Crippen LogP contribution is -2.53. The SMILES string of the molecule is CC1(NC(=O)O)CCN(c2ncc(-c3cccc(Cl)c3Cl)c(C#N)n2)CC1. The number of rotatable bonds is 3. The van der Waals surface area contributed by atoms with Crippen LogP contribution in [0.1, 0.15) is 25.5 Å². The Balaban J connectivity index is 1.85. The van der Waals surface area contributed by atoms with Gasteiger partial charge in [-0.3, -0.25) is 0 Å². The molecule has 2 heterocycles. The van der Waals surface area contributed by atoms with Crippen molar-refractivity contribution in [3.05, 3.63) is 40.1 Å². The third-order valence-electron chi connectivity index (χ3n) is 4.68. The van der Waals surface area contributed by atoms with E-state index in [9.17, 15) is 10.1 Å². The van der Waals surface area contributed by atoms with Crippen LogP contribution in [0.5, 0.6) is 0 Å². The first-order valence-electron chi connectivity index (χ1n) is 8.30. The average molecular weight is 406 g/mol. The largest absolute Gasteiger partial charge is 0.465 e. The van der Waals surface area contributed by atoms with Crippen LogP contribution < -0.4 is 10.2 Å². The zero-order valence-electron chi connectivity index (χ0n) is 14.5. The van der Waals surface area contributed by atoms with Gasteiger partial charge in [0.05, 0.1) is 10.0 Å². The summed E-state index contributed by atoms with van der Waals surface area (Å²) in [7, 11) is 0. The molecule has 2 aromatic rings. The van der Waals surface area contributed by atoms with Gasteiger partial charge in [-0.25, -0.2) is 14.8 Å². The molecule has 140 valence electrons. The van der Waals surface area contributed by atoms with E-state index in [1.807, 2.05) is 11.8 Å². The summed E-state index contributed by atoms with van der Waals surface area (Å²) in [5, 5.41) is 21.8. The van der Waals surface area contributed by atoms with Crippen LogP contribution in [-0.4, -0.2) is 39.8 Å². The van der Waals surface area contributed by atoms with Gasteiger partial charge in [0, 0.05) is 36.0 Å². The molecule has 9 heteroatoms. The normalized spacial score (nSPS) is 15.9. The van der Waals surface area contributed by atoms with Crippen LogP contribution in [0.25, 0.3) is 11.1 Å². The molecule has 0 unspecified atom stereocenters. The molecule has 1 aromatic carbocycles. The topological polar surface area (TPSA) is 102 Å². The summed E-state index contributed by atoms with van der Waals surface area (Å²) in [5.41, 5.74) is 0.850. The highest BCUT2D eigenvalue weighted by molar-refractivity contribution is 6.43. The molecule has 0 aliphatic carbocycles. The van der Waals surface area contributed by atoms with Crippen molar-refractivity contribution in [3.63, 3.8) is 0 Å². The molecule has 1 amide bonds. The molecule has 7 nitrogen and oxygen atoms in total. The number of piperidine rings is 1. The van der Waals surface area contributed by atoms with Crippen LogP contribution in [-0.2, 0) is 0 Å². The van der Waals surface area contributed by atoms with E-state index in [1.165, 1.54) is 0 Å². The first-order chi connectivity index (χ1) is 12.8. The standard InChI is InChI=1S/C18H17Cl2N5O2/c1-18(24-17(26)27)5-7-25(8-6-18)16-22-10-12(14(9-21)23-16)11-3-2-4-13(19)15(11)20/h2-4,10,24H,5-8H2,1H3,(H,26,27). The van der Waals surface area contributed by atoms with Gasteiger partial charge in [-0.1, -0.05) is 35.3 Å². The third kappa shape index (κ3) is 4.07. The number of aromatic nitrogens is 2. The molecule has 0 radical (unpaired) electrons. The van der Waals surface area contributed by atoms with E-state index in [0.29, 0.717) is 53.1 Å². The van der Waals surface area contributed by atoms with Gasteiger partial charge < -0.3 is 15.3 Å². The fourth-order valence-corrected chi connectivity index (χ4v) is 3.50. The summed E-state index contributed by atoms with van der Waals surface area (Å²) in [6.45, 7) is 3.04. The first-order valence-corrected chi connectivity index (χ1v) is 9.06. The molecule has 2 N–H and O–H groups in total. The number of nitrogens with one attached hydrogen (secondary N) is 1. The van der Waals surface area contributed by atoms with E-state index in [0.717, 1.165) is 0 Å². The zero-order valence-corrected chi connectivity index (χ0v) is 16.0. The second-order valence-corrected chi connectivity index (χ2v) is 7.41. The Labute approximate surface area is 166 Å². The lowest BCUT2D eigenvalue weighted by atomic mass is 9.90. The zero-order chi connectivity index (χ0) is 19.6. The second-order valence-electron chi connectivity index (χ2n) is 6.62. The molecule has 1 aliphatic heterocycles. The van der Waals surface area contributed by atoms with Crippen molar-refractivity contribution in [1.29, 1.82) is 5.26 Å². The molecule has 1 aromatic heterocycles. The quantitative estimate of drug-likeness (QED) is 0.800. The molecule has 27 heavy (non-hydrogen) atoms. The minimum absolute atomic E-state index is 0.209. The van der Waals surface area contributed by atoms with Gasteiger partial charge in [-0.2, -0.15) is 5.26 Å². The Kier molecular flexibility index (Phi) is 5.40. The Morgan fingerprint density at radius 3 is 2.67 bits per heavy atom. The lowest BCUT2D eigenvalue weighted by Gasteiger charge is -2.39. The molecule has 0 spiro atoms. The molecular weight excluding hydrogens is 389 g/mol. The highest BCUT2D eigenvalue weighted by atomic mass is 35.5. The first kappa shape index (κ1) is 19.2. The van der Waals surface area contributed by atoms with Gasteiger partial charge in [0.2, 0.25) is 5.95 Å². The molecule has 3 rings (SSSR count). The van der Waals surface area contributed by atoms with Crippen molar-refractivity contribution in [2.24, 2.45) is 0 Å². The van der Waals surface area contributed by atoms with Gasteiger partial charge in [0.15, 0.2) is 5.69 Å². The predicted octanol–water partition coefficient (Wildman–Crippen LogP) is 3.95. The number of nitrogens with zero attached hydrogens (tertiary/aromatic N) is 4. The number of carboxylic acid groups (broad SMARTS) is 1. The van der Waals surface area contributed by atoms with Crippen molar-refractivity contribution in [3.8, 4) is 17.2 Å². The summed E-state index contributed by atoms with van der Waals surface area (Å²) in [4.78, 5) is 21.6. The van der Waals surface area contributed by atoms with Crippen molar-refractivity contribution in [2.75, 3.05) is 18.0 Å².